The molecule has 1 aliphatic heterocycles. The summed E-state index contributed by atoms with van der Waals surface area (Å²) in [5.74, 6) is 0.360. The molecule has 0 radical (unpaired) electrons. The molecule has 266 valence electrons. The number of fused-ring (bicyclic) bond motifs is 1. The summed E-state index contributed by atoms with van der Waals surface area (Å²) in [6, 6.07) is 13.1. The van der Waals surface area contributed by atoms with Gasteiger partial charge in [-0.3, -0.25) is 10.1 Å². The number of aliphatic hydroxyl groups is 2. The summed E-state index contributed by atoms with van der Waals surface area (Å²) in [5.41, 5.74) is -1.68. The Bertz CT molecular complexity index is 1550. The number of rotatable bonds is 18. The van der Waals surface area contributed by atoms with Crippen molar-refractivity contribution in [3.05, 3.63) is 54.5 Å². The molecule has 3 heterocycles. The molecule has 1 aromatic carbocycles. The smallest absolute Gasteiger partial charge is 0.412 e. The van der Waals surface area contributed by atoms with Crippen LogP contribution in [0.4, 0.5) is 10.6 Å². The minimum atomic E-state index is -2.07. The molecule has 3 aromatic rings. The number of aromatic nitrogens is 3. The average molecular weight is 701 g/mol. The second-order valence-corrected chi connectivity index (χ2v) is 12.9. The maximum Gasteiger partial charge on any atom is 0.412 e. The minimum Gasteiger partial charge on any atom is -0.464 e. The molecule has 1 aliphatic rings. The average Bonchev–Trinajstić information content (AvgIpc) is 3.66. The highest BCUT2D eigenvalue weighted by molar-refractivity contribution is 7.45. The van der Waals surface area contributed by atoms with E-state index in [0.29, 0.717) is 17.9 Å². The number of hydrogen-bond acceptors (Lipinski definition) is 13. The van der Waals surface area contributed by atoms with Gasteiger partial charge in [-0.2, -0.15) is 10.4 Å². The summed E-state index contributed by atoms with van der Waals surface area (Å²) in [6.45, 7) is 7.98. The Labute approximate surface area is 286 Å². The largest absolute Gasteiger partial charge is 0.464 e. The van der Waals surface area contributed by atoms with Crippen molar-refractivity contribution in [2.45, 2.75) is 89.8 Å². The van der Waals surface area contributed by atoms with Crippen molar-refractivity contribution >= 4 is 31.9 Å². The fourth-order valence-corrected chi connectivity index (χ4v) is 6.34. The van der Waals surface area contributed by atoms with E-state index < -0.39 is 50.5 Å². The number of nitriles is 1. The van der Waals surface area contributed by atoms with E-state index in [2.05, 4.69) is 20.5 Å². The third-order valence-corrected chi connectivity index (χ3v) is 9.57. The predicted octanol–water partition coefficient (Wildman–Crippen LogP) is 4.59. The van der Waals surface area contributed by atoms with E-state index in [9.17, 15) is 25.1 Å². The van der Waals surface area contributed by atoms with Gasteiger partial charge in [0.25, 0.3) is 0 Å². The first kappa shape index (κ1) is 37.9. The van der Waals surface area contributed by atoms with Gasteiger partial charge in [0.2, 0.25) is 5.60 Å². The van der Waals surface area contributed by atoms with Crippen molar-refractivity contribution < 1.29 is 43.1 Å². The van der Waals surface area contributed by atoms with Crippen LogP contribution in [-0.4, -0.2) is 81.0 Å². The zero-order valence-electron chi connectivity index (χ0n) is 28.2. The Balaban J connectivity index is 1.48. The summed E-state index contributed by atoms with van der Waals surface area (Å²) in [6.07, 6.45) is 0.410. The Hall–Kier alpha value is -3.90. The number of aliphatic hydroxyl groups excluding tert-OH is 2. The van der Waals surface area contributed by atoms with Gasteiger partial charge in [0, 0.05) is 0 Å². The molecular formula is C33H45N6O9P. The van der Waals surface area contributed by atoms with Crippen LogP contribution in [0.5, 0.6) is 5.75 Å². The normalized spacial score (nSPS) is 21.6. The highest BCUT2D eigenvalue weighted by Crippen LogP contribution is 2.43. The molecule has 1 unspecified atom stereocenters. The van der Waals surface area contributed by atoms with Crippen molar-refractivity contribution in [3.8, 4) is 11.8 Å². The molecule has 1 amide bonds. The van der Waals surface area contributed by atoms with Gasteiger partial charge in [0.1, 0.15) is 48.0 Å². The van der Waals surface area contributed by atoms with Gasteiger partial charge in [0.05, 0.1) is 25.5 Å². The van der Waals surface area contributed by atoms with E-state index in [1.54, 1.807) is 37.3 Å². The molecule has 1 fully saturated rings. The molecule has 1 saturated heterocycles. The summed E-state index contributed by atoms with van der Waals surface area (Å²) in [7, 11) is -2.00. The molecule has 0 spiro atoms. The molecule has 49 heavy (non-hydrogen) atoms. The lowest BCUT2D eigenvalue weighted by Gasteiger charge is -2.25. The van der Waals surface area contributed by atoms with Gasteiger partial charge >= 0.3 is 20.6 Å². The highest BCUT2D eigenvalue weighted by atomic mass is 31.2. The van der Waals surface area contributed by atoms with Crippen LogP contribution in [0.15, 0.2) is 48.8 Å². The zero-order chi connectivity index (χ0) is 35.4. The van der Waals surface area contributed by atoms with Crippen LogP contribution in [0.25, 0.3) is 5.52 Å². The van der Waals surface area contributed by atoms with Crippen molar-refractivity contribution in [1.82, 2.24) is 19.7 Å². The lowest BCUT2D eigenvalue weighted by Crippen LogP contribution is -2.41. The summed E-state index contributed by atoms with van der Waals surface area (Å²) in [5, 5.41) is 42.5. The fourth-order valence-electron chi connectivity index (χ4n) is 5.15. The number of hydrogen-bond donors (Lipinski definition) is 4. The Kier molecular flexibility index (Phi) is 14.1. The van der Waals surface area contributed by atoms with Gasteiger partial charge in [-0.25, -0.2) is 19.4 Å². The van der Waals surface area contributed by atoms with E-state index in [4.69, 9.17) is 23.3 Å². The highest BCUT2D eigenvalue weighted by Gasteiger charge is 2.57. The number of ether oxygens (including phenoxy) is 3. The van der Waals surface area contributed by atoms with Crippen LogP contribution < -0.4 is 14.9 Å². The monoisotopic (exact) mass is 700 g/mol. The van der Waals surface area contributed by atoms with Crippen LogP contribution in [0.3, 0.4) is 0 Å². The van der Waals surface area contributed by atoms with Crippen molar-refractivity contribution in [2.24, 2.45) is 5.92 Å². The maximum absolute atomic E-state index is 12.8. The van der Waals surface area contributed by atoms with Gasteiger partial charge in [-0.15, -0.1) is 0 Å². The van der Waals surface area contributed by atoms with Crippen LogP contribution in [0.2, 0.25) is 0 Å². The first-order valence-electron chi connectivity index (χ1n) is 16.5. The zero-order valence-corrected chi connectivity index (χ0v) is 29.0. The molecule has 4 rings (SSSR count). The van der Waals surface area contributed by atoms with Gasteiger partial charge in [-0.1, -0.05) is 64.7 Å². The van der Waals surface area contributed by atoms with Gasteiger partial charge in [0.15, 0.2) is 5.82 Å². The molecule has 16 heteroatoms. The van der Waals surface area contributed by atoms with Crippen molar-refractivity contribution in [1.29, 1.82) is 5.26 Å². The molecule has 2 aromatic heterocycles. The van der Waals surface area contributed by atoms with E-state index in [-0.39, 0.29) is 30.6 Å². The van der Waals surface area contributed by atoms with Crippen molar-refractivity contribution in [2.75, 3.05) is 25.1 Å². The fraction of sp³-hybridized carbons (Fsp3) is 0.545. The van der Waals surface area contributed by atoms with Crippen LogP contribution in [0, 0.1) is 17.2 Å². The Morgan fingerprint density at radius 3 is 2.57 bits per heavy atom. The number of unbranched alkanes of at least 4 members (excludes halogenated alkanes) is 2. The summed E-state index contributed by atoms with van der Waals surface area (Å²) >= 11 is 0. The first-order chi connectivity index (χ1) is 23.7. The Morgan fingerprint density at radius 2 is 1.88 bits per heavy atom. The summed E-state index contributed by atoms with van der Waals surface area (Å²) in [4.78, 5) is 29.3. The topological polar surface area (TPSA) is 199 Å². The van der Waals surface area contributed by atoms with E-state index in [1.807, 2.05) is 32.9 Å². The number of nitrogens with zero attached hydrogens (tertiary/aromatic N) is 4. The van der Waals surface area contributed by atoms with E-state index in [0.717, 1.165) is 32.1 Å². The first-order valence-corrected chi connectivity index (χ1v) is 17.7. The lowest BCUT2D eigenvalue weighted by atomic mass is 9.92. The predicted molar refractivity (Wildman–Crippen MR) is 179 cm³/mol. The quantitative estimate of drug-likeness (QED) is 0.0817. The molecule has 6 atom stereocenters. The third kappa shape index (κ3) is 9.42. The summed E-state index contributed by atoms with van der Waals surface area (Å²) < 4.78 is 30.1. The number of esters is 1. The third-order valence-electron chi connectivity index (χ3n) is 8.21. The van der Waals surface area contributed by atoms with Crippen molar-refractivity contribution in [3.63, 3.8) is 0 Å². The van der Waals surface area contributed by atoms with E-state index in [1.165, 1.54) is 16.9 Å². The Morgan fingerprint density at radius 1 is 1.12 bits per heavy atom. The number of carbonyl (C=O) groups excluding carboxylic acids is 2. The molecule has 0 aliphatic carbocycles. The number of anilines is 1. The van der Waals surface area contributed by atoms with Gasteiger partial charge < -0.3 is 33.5 Å². The van der Waals surface area contributed by atoms with Crippen LogP contribution in [0.1, 0.15) is 65.5 Å². The molecule has 0 bridgehead atoms. The number of benzene rings is 1. The molecule has 0 saturated carbocycles. The molecule has 15 nitrogen and oxygen atoms in total. The van der Waals surface area contributed by atoms with Crippen LogP contribution >= 0.6 is 8.53 Å². The molecular weight excluding hydrogens is 655 g/mol. The van der Waals surface area contributed by atoms with E-state index >= 15 is 0 Å². The SMILES string of the molecule is CCCCCOC(=O)Nc1ncnn2c([C@]3(C#N)O[C@H](COP(N[C@@H](C)C(=O)OCC(CC)CC)Oc4ccccc4)[C@@H](O)[C@H]3O)ccc12. The molecule has 4 N–H and O–H groups in total. The number of nitrogens with one attached hydrogen (secondary N) is 2. The number of para-hydroxylation sites is 1. The minimum absolute atomic E-state index is 0.0931. The number of carbonyl (C=O) groups is 2. The van der Waals surface area contributed by atoms with Gasteiger partial charge in [-0.05, 0) is 43.5 Å². The second-order valence-electron chi connectivity index (χ2n) is 11.7. The van der Waals surface area contributed by atoms with Crippen LogP contribution in [-0.2, 0) is 29.1 Å². The number of amides is 1. The standard InChI is InChI=1S/C33H45N6O9P/c1-5-8-12-17-44-32(43)37-30-25-15-16-27(39(25)36-21-35-30)33(20-34)29(41)28(40)26(47-33)19-46-49(48-24-13-10-9-11-14-24)38-22(4)31(42)45-18-23(6-2)7-3/h9-11,13-16,21-23,26,28-29,38,40-41H,5-8,12,17-19H2,1-4H3,(H,35,36,37,43)/t22-,26+,28+,29+,33-,49?/m0/s1. The maximum atomic E-state index is 12.8. The second kappa shape index (κ2) is 18.2. The lowest BCUT2D eigenvalue weighted by molar-refractivity contribution is -0.146.